The van der Waals surface area contributed by atoms with E-state index in [-0.39, 0.29) is 24.5 Å². The molecule has 1 aromatic rings. The molecule has 0 bridgehead atoms. The van der Waals surface area contributed by atoms with Crippen LogP contribution in [0.5, 0.6) is 0 Å². The van der Waals surface area contributed by atoms with Gasteiger partial charge in [-0.2, -0.15) is 0 Å². The summed E-state index contributed by atoms with van der Waals surface area (Å²) in [6.45, 7) is 2.63. The van der Waals surface area contributed by atoms with E-state index < -0.39 is 0 Å². The second kappa shape index (κ2) is 6.79. The molecule has 1 aliphatic rings. The SMILES string of the molecule is CC[C@H]1C[C@@H](O)CCN1C(=O)Cc1c(Cl)cccc1Cl. The number of hydrogen-bond donors (Lipinski definition) is 1. The van der Waals surface area contributed by atoms with E-state index in [4.69, 9.17) is 23.2 Å². The van der Waals surface area contributed by atoms with Crippen LogP contribution in [0.3, 0.4) is 0 Å². The minimum atomic E-state index is -0.298. The maximum atomic E-state index is 12.5. The van der Waals surface area contributed by atoms with E-state index in [1.54, 1.807) is 18.2 Å². The Balaban J connectivity index is 2.11. The zero-order chi connectivity index (χ0) is 14.7. The molecule has 1 aromatic carbocycles. The molecule has 3 nitrogen and oxygen atoms in total. The third-order valence-electron chi connectivity index (χ3n) is 3.87. The molecule has 2 rings (SSSR count). The van der Waals surface area contributed by atoms with E-state index in [9.17, 15) is 9.90 Å². The standard InChI is InChI=1S/C15H19Cl2NO2/c1-2-10-8-11(19)6-7-18(10)15(20)9-12-13(16)4-3-5-14(12)17/h3-5,10-11,19H,2,6-9H2,1H3/t10-,11-/m0/s1. The number of nitrogens with zero attached hydrogens (tertiary/aromatic N) is 1. The molecule has 0 unspecified atom stereocenters. The maximum absolute atomic E-state index is 12.5. The second-order valence-electron chi connectivity index (χ2n) is 5.20. The Kier molecular flexibility index (Phi) is 5.30. The summed E-state index contributed by atoms with van der Waals surface area (Å²) in [5, 5.41) is 10.8. The van der Waals surface area contributed by atoms with Crippen molar-refractivity contribution in [2.45, 2.75) is 44.8 Å². The highest BCUT2D eigenvalue weighted by molar-refractivity contribution is 6.36. The molecule has 0 spiro atoms. The molecule has 0 aromatic heterocycles. The fourth-order valence-electron chi connectivity index (χ4n) is 2.70. The lowest BCUT2D eigenvalue weighted by molar-refractivity contribution is -0.135. The Morgan fingerprint density at radius 2 is 2.05 bits per heavy atom. The number of halogens is 2. The van der Waals surface area contributed by atoms with Gasteiger partial charge in [-0.1, -0.05) is 36.2 Å². The molecule has 1 amide bonds. The van der Waals surface area contributed by atoms with Crippen molar-refractivity contribution in [2.24, 2.45) is 0 Å². The van der Waals surface area contributed by atoms with Crippen molar-refractivity contribution >= 4 is 29.1 Å². The van der Waals surface area contributed by atoms with Crippen LogP contribution < -0.4 is 0 Å². The van der Waals surface area contributed by atoms with Crippen molar-refractivity contribution in [3.05, 3.63) is 33.8 Å². The molecule has 0 aliphatic carbocycles. The third kappa shape index (κ3) is 3.46. The first-order valence-corrected chi connectivity index (χ1v) is 7.69. The van der Waals surface area contributed by atoms with Crippen LogP contribution in [0, 0.1) is 0 Å². The van der Waals surface area contributed by atoms with Gasteiger partial charge in [-0.05, 0) is 37.0 Å². The number of benzene rings is 1. The molecular formula is C15H19Cl2NO2. The lowest BCUT2D eigenvalue weighted by Gasteiger charge is -2.37. The Morgan fingerprint density at radius 1 is 1.40 bits per heavy atom. The monoisotopic (exact) mass is 315 g/mol. The molecule has 1 heterocycles. The van der Waals surface area contributed by atoms with Crippen molar-refractivity contribution in [1.82, 2.24) is 4.90 Å². The van der Waals surface area contributed by atoms with Gasteiger partial charge in [0.2, 0.25) is 5.91 Å². The summed E-state index contributed by atoms with van der Waals surface area (Å²) in [7, 11) is 0. The van der Waals surface area contributed by atoms with Gasteiger partial charge in [0.15, 0.2) is 0 Å². The molecular weight excluding hydrogens is 297 g/mol. The van der Waals surface area contributed by atoms with Crippen molar-refractivity contribution in [3.8, 4) is 0 Å². The Bertz CT molecular complexity index is 473. The average molecular weight is 316 g/mol. The number of piperidine rings is 1. The number of hydrogen-bond acceptors (Lipinski definition) is 2. The molecule has 1 saturated heterocycles. The quantitative estimate of drug-likeness (QED) is 0.929. The van der Waals surface area contributed by atoms with Gasteiger partial charge in [0.05, 0.1) is 12.5 Å². The normalized spacial score (nSPS) is 22.9. The number of amides is 1. The topological polar surface area (TPSA) is 40.5 Å². The van der Waals surface area contributed by atoms with Gasteiger partial charge in [0.1, 0.15) is 0 Å². The zero-order valence-electron chi connectivity index (χ0n) is 11.5. The van der Waals surface area contributed by atoms with E-state index in [1.165, 1.54) is 0 Å². The predicted octanol–water partition coefficient (Wildman–Crippen LogP) is 3.30. The van der Waals surface area contributed by atoms with Crippen LogP contribution in [-0.4, -0.2) is 34.6 Å². The summed E-state index contributed by atoms with van der Waals surface area (Å²) in [5.74, 6) is 0.0266. The first kappa shape index (κ1) is 15.6. The average Bonchev–Trinajstić information content (AvgIpc) is 2.42. The number of carbonyl (C=O) groups is 1. The van der Waals surface area contributed by atoms with Gasteiger partial charge in [0, 0.05) is 22.6 Å². The molecule has 1 fully saturated rings. The minimum absolute atomic E-state index is 0.0266. The van der Waals surface area contributed by atoms with Gasteiger partial charge in [0.25, 0.3) is 0 Å². The van der Waals surface area contributed by atoms with E-state index in [0.717, 1.165) is 6.42 Å². The molecule has 20 heavy (non-hydrogen) atoms. The van der Waals surface area contributed by atoms with Crippen LogP contribution in [0.25, 0.3) is 0 Å². The number of aliphatic hydroxyl groups excluding tert-OH is 1. The zero-order valence-corrected chi connectivity index (χ0v) is 13.0. The fourth-order valence-corrected chi connectivity index (χ4v) is 3.23. The van der Waals surface area contributed by atoms with E-state index in [2.05, 4.69) is 0 Å². The third-order valence-corrected chi connectivity index (χ3v) is 4.58. The molecule has 110 valence electrons. The van der Waals surface area contributed by atoms with E-state index in [1.807, 2.05) is 11.8 Å². The molecule has 0 radical (unpaired) electrons. The highest BCUT2D eigenvalue weighted by atomic mass is 35.5. The fraction of sp³-hybridized carbons (Fsp3) is 0.533. The molecule has 0 saturated carbocycles. The second-order valence-corrected chi connectivity index (χ2v) is 6.02. The van der Waals surface area contributed by atoms with Crippen LogP contribution in [0.1, 0.15) is 31.7 Å². The van der Waals surface area contributed by atoms with Crippen molar-refractivity contribution in [2.75, 3.05) is 6.54 Å². The summed E-state index contributed by atoms with van der Waals surface area (Å²) in [6, 6.07) is 5.36. The predicted molar refractivity (Wildman–Crippen MR) is 81.2 cm³/mol. The van der Waals surface area contributed by atoms with Crippen molar-refractivity contribution in [1.29, 1.82) is 0 Å². The van der Waals surface area contributed by atoms with Gasteiger partial charge >= 0.3 is 0 Å². The largest absolute Gasteiger partial charge is 0.393 e. The van der Waals surface area contributed by atoms with Crippen LogP contribution in [0.2, 0.25) is 10.0 Å². The van der Waals surface area contributed by atoms with Crippen LogP contribution in [0.15, 0.2) is 18.2 Å². The first-order valence-electron chi connectivity index (χ1n) is 6.93. The minimum Gasteiger partial charge on any atom is -0.393 e. The van der Waals surface area contributed by atoms with Gasteiger partial charge in [-0.25, -0.2) is 0 Å². The first-order chi connectivity index (χ1) is 9.52. The highest BCUT2D eigenvalue weighted by Crippen LogP contribution is 2.27. The van der Waals surface area contributed by atoms with E-state index in [0.29, 0.717) is 35.0 Å². The summed E-state index contributed by atoms with van der Waals surface area (Å²) >= 11 is 12.2. The summed E-state index contributed by atoms with van der Waals surface area (Å²) in [5.41, 5.74) is 0.682. The molecule has 1 aliphatic heterocycles. The van der Waals surface area contributed by atoms with E-state index >= 15 is 0 Å². The number of aliphatic hydroxyl groups is 1. The van der Waals surface area contributed by atoms with Crippen LogP contribution in [-0.2, 0) is 11.2 Å². The molecule has 2 atom stereocenters. The Morgan fingerprint density at radius 3 is 2.65 bits per heavy atom. The van der Waals surface area contributed by atoms with Crippen molar-refractivity contribution < 1.29 is 9.90 Å². The van der Waals surface area contributed by atoms with Crippen LogP contribution in [0.4, 0.5) is 0 Å². The number of carbonyl (C=O) groups excluding carboxylic acids is 1. The van der Waals surface area contributed by atoms with Crippen molar-refractivity contribution in [3.63, 3.8) is 0 Å². The summed E-state index contributed by atoms with van der Waals surface area (Å²) in [6.07, 6.45) is 2.05. The lowest BCUT2D eigenvalue weighted by Crippen LogP contribution is -2.47. The van der Waals surface area contributed by atoms with Gasteiger partial charge in [-0.15, -0.1) is 0 Å². The van der Waals surface area contributed by atoms with Crippen LogP contribution >= 0.6 is 23.2 Å². The number of rotatable bonds is 3. The molecule has 1 N–H and O–H groups in total. The lowest BCUT2D eigenvalue weighted by atomic mass is 9.96. The van der Waals surface area contributed by atoms with Gasteiger partial charge in [-0.3, -0.25) is 4.79 Å². The Labute approximate surface area is 129 Å². The number of likely N-dealkylation sites (tertiary alicyclic amines) is 1. The summed E-state index contributed by atoms with van der Waals surface area (Å²) in [4.78, 5) is 14.3. The molecule has 5 heteroatoms. The Hall–Kier alpha value is -0.770. The van der Waals surface area contributed by atoms with Gasteiger partial charge < -0.3 is 10.0 Å². The summed E-state index contributed by atoms with van der Waals surface area (Å²) < 4.78 is 0. The highest BCUT2D eigenvalue weighted by Gasteiger charge is 2.29. The maximum Gasteiger partial charge on any atom is 0.227 e. The smallest absolute Gasteiger partial charge is 0.227 e.